The first-order valence-corrected chi connectivity index (χ1v) is 11.3. The van der Waals surface area contributed by atoms with E-state index in [0.717, 1.165) is 63.2 Å². The number of hydrogen-bond donors (Lipinski definition) is 0. The largest absolute Gasteiger partial charge is 0.440 e. The molecule has 3 aliphatic heterocycles. The molecule has 164 valence electrons. The third-order valence-electron chi connectivity index (χ3n) is 7.14. The predicted octanol–water partition coefficient (Wildman–Crippen LogP) is 3.81. The maximum absolute atomic E-state index is 14.2. The highest BCUT2D eigenvalue weighted by atomic mass is 19.1. The Labute approximate surface area is 183 Å². The van der Waals surface area contributed by atoms with Crippen LogP contribution in [0.25, 0.3) is 0 Å². The Morgan fingerprint density at radius 2 is 1.77 bits per heavy atom. The van der Waals surface area contributed by atoms with Crippen molar-refractivity contribution in [1.82, 2.24) is 14.7 Å². The third kappa shape index (κ3) is 4.06. The number of hydrogen-bond acceptors (Lipinski definition) is 4. The second-order valence-corrected chi connectivity index (χ2v) is 9.23. The molecule has 6 heteroatoms. The summed E-state index contributed by atoms with van der Waals surface area (Å²) in [6.07, 6.45) is 1.43. The molecule has 1 unspecified atom stereocenters. The molecule has 2 aromatic carbocycles. The van der Waals surface area contributed by atoms with Crippen LogP contribution in [0.1, 0.15) is 29.5 Å². The van der Waals surface area contributed by atoms with Crippen LogP contribution >= 0.6 is 0 Å². The molecule has 0 saturated carbocycles. The smallest absolute Gasteiger partial charge is 0.410 e. The van der Waals surface area contributed by atoms with Gasteiger partial charge in [-0.15, -0.1) is 0 Å². The summed E-state index contributed by atoms with van der Waals surface area (Å²) in [7, 11) is 0. The van der Waals surface area contributed by atoms with Gasteiger partial charge in [0.05, 0.1) is 6.04 Å². The summed E-state index contributed by atoms with van der Waals surface area (Å²) >= 11 is 0. The number of carbonyl (C=O) groups is 1. The molecule has 0 bridgehead atoms. The summed E-state index contributed by atoms with van der Waals surface area (Å²) in [5, 5.41) is 0. The summed E-state index contributed by atoms with van der Waals surface area (Å²) in [4.78, 5) is 19.3. The fourth-order valence-electron chi connectivity index (χ4n) is 5.38. The molecule has 3 saturated heterocycles. The highest BCUT2D eigenvalue weighted by molar-refractivity contribution is 5.72. The molecule has 2 aromatic rings. The normalized spacial score (nSPS) is 23.7. The van der Waals surface area contributed by atoms with Gasteiger partial charge in [0, 0.05) is 64.2 Å². The van der Waals surface area contributed by atoms with E-state index in [1.807, 2.05) is 24.0 Å². The summed E-state index contributed by atoms with van der Waals surface area (Å²) in [5.41, 5.74) is 2.69. The zero-order valence-electron chi connectivity index (χ0n) is 18.1. The van der Waals surface area contributed by atoms with E-state index in [1.165, 1.54) is 5.56 Å². The number of ether oxygens (including phenoxy) is 1. The number of halogens is 1. The molecule has 0 aromatic heterocycles. The molecule has 0 radical (unpaired) electrons. The van der Waals surface area contributed by atoms with Crippen LogP contribution in [0, 0.1) is 12.7 Å². The quantitative estimate of drug-likeness (QED) is 0.749. The first-order chi connectivity index (χ1) is 15.0. The molecule has 1 atom stereocenters. The van der Waals surface area contributed by atoms with E-state index < -0.39 is 5.60 Å². The Bertz CT molecular complexity index is 943. The standard InChI is InChI=1S/C25H30FN3O2/c1-19-7-8-22(26)21(15-19)17-27-11-9-25(10-12-27)23-18-28(13-14-29(23)24(30)31-25)16-20-5-3-2-4-6-20/h2-8,15,23H,9-14,16-18H2,1H3. The Morgan fingerprint density at radius 1 is 1.00 bits per heavy atom. The van der Waals surface area contributed by atoms with Crippen molar-refractivity contribution in [3.8, 4) is 0 Å². The van der Waals surface area contributed by atoms with Crippen molar-refractivity contribution in [1.29, 1.82) is 0 Å². The number of benzene rings is 2. The van der Waals surface area contributed by atoms with Crippen molar-refractivity contribution in [2.45, 2.75) is 44.5 Å². The van der Waals surface area contributed by atoms with Gasteiger partial charge in [0.25, 0.3) is 0 Å². The molecule has 31 heavy (non-hydrogen) atoms. The first kappa shape index (κ1) is 20.5. The third-order valence-corrected chi connectivity index (χ3v) is 7.14. The number of likely N-dealkylation sites (tertiary alicyclic amines) is 1. The molecule has 3 aliphatic rings. The summed E-state index contributed by atoms with van der Waals surface area (Å²) in [6, 6.07) is 15.9. The van der Waals surface area contributed by atoms with Gasteiger partial charge in [-0.2, -0.15) is 0 Å². The molecule has 5 nitrogen and oxygen atoms in total. The Morgan fingerprint density at radius 3 is 2.55 bits per heavy atom. The minimum atomic E-state index is -0.423. The van der Waals surface area contributed by atoms with Crippen LogP contribution in [0.3, 0.4) is 0 Å². The van der Waals surface area contributed by atoms with Gasteiger partial charge in [0.2, 0.25) is 0 Å². The second-order valence-electron chi connectivity index (χ2n) is 9.23. The van der Waals surface area contributed by atoms with Gasteiger partial charge in [-0.25, -0.2) is 9.18 Å². The fraction of sp³-hybridized carbons (Fsp3) is 0.480. The average Bonchev–Trinajstić information content (AvgIpc) is 3.04. The van der Waals surface area contributed by atoms with Crippen molar-refractivity contribution in [3.05, 3.63) is 71.0 Å². The molecule has 5 rings (SSSR count). The maximum atomic E-state index is 14.2. The summed E-state index contributed by atoms with van der Waals surface area (Å²) < 4.78 is 20.2. The number of piperidine rings is 1. The minimum absolute atomic E-state index is 0.0929. The molecular formula is C25H30FN3O2. The van der Waals surface area contributed by atoms with Crippen LogP contribution in [0.2, 0.25) is 0 Å². The maximum Gasteiger partial charge on any atom is 0.410 e. The van der Waals surface area contributed by atoms with Crippen LogP contribution in [-0.4, -0.2) is 65.2 Å². The number of amides is 1. The summed E-state index contributed by atoms with van der Waals surface area (Å²) in [6.45, 7) is 7.54. The van der Waals surface area contributed by atoms with Gasteiger partial charge in [-0.05, 0) is 18.6 Å². The van der Waals surface area contributed by atoms with Crippen molar-refractivity contribution in [2.75, 3.05) is 32.7 Å². The number of aryl methyl sites for hydroxylation is 1. The van der Waals surface area contributed by atoms with E-state index in [2.05, 4.69) is 34.1 Å². The Kier molecular flexibility index (Phi) is 5.44. The van der Waals surface area contributed by atoms with Crippen LogP contribution in [-0.2, 0) is 17.8 Å². The summed E-state index contributed by atoms with van der Waals surface area (Å²) in [5.74, 6) is -0.145. The van der Waals surface area contributed by atoms with Gasteiger partial charge in [-0.1, -0.05) is 48.0 Å². The Balaban J connectivity index is 1.25. The SMILES string of the molecule is Cc1ccc(F)c(CN2CCC3(CC2)OC(=O)N2CCN(Cc4ccccc4)CC23)c1. The number of nitrogens with zero attached hydrogens (tertiary/aromatic N) is 3. The fourth-order valence-corrected chi connectivity index (χ4v) is 5.38. The molecule has 1 spiro atoms. The van der Waals surface area contributed by atoms with Gasteiger partial charge >= 0.3 is 6.09 Å². The van der Waals surface area contributed by atoms with E-state index in [4.69, 9.17) is 4.74 Å². The van der Waals surface area contributed by atoms with E-state index in [9.17, 15) is 9.18 Å². The highest BCUT2D eigenvalue weighted by Crippen LogP contribution is 2.40. The average molecular weight is 424 g/mol. The van der Waals surface area contributed by atoms with E-state index in [-0.39, 0.29) is 18.0 Å². The highest BCUT2D eigenvalue weighted by Gasteiger charge is 2.56. The molecule has 0 aliphatic carbocycles. The number of carbonyl (C=O) groups excluding carboxylic acids is 1. The predicted molar refractivity (Wildman–Crippen MR) is 117 cm³/mol. The van der Waals surface area contributed by atoms with Crippen LogP contribution in [0.15, 0.2) is 48.5 Å². The topological polar surface area (TPSA) is 36.0 Å². The van der Waals surface area contributed by atoms with Gasteiger partial charge in [0.1, 0.15) is 11.4 Å². The molecule has 3 fully saturated rings. The van der Waals surface area contributed by atoms with Crippen LogP contribution < -0.4 is 0 Å². The van der Waals surface area contributed by atoms with Crippen LogP contribution in [0.4, 0.5) is 9.18 Å². The molecule has 0 N–H and O–H groups in total. The van der Waals surface area contributed by atoms with Gasteiger partial charge < -0.3 is 4.74 Å². The molecule has 1 amide bonds. The van der Waals surface area contributed by atoms with Gasteiger partial charge in [-0.3, -0.25) is 14.7 Å². The van der Waals surface area contributed by atoms with Crippen molar-refractivity contribution in [2.24, 2.45) is 0 Å². The molecular weight excluding hydrogens is 393 g/mol. The van der Waals surface area contributed by atoms with Crippen LogP contribution in [0.5, 0.6) is 0 Å². The number of piperazine rings is 1. The lowest BCUT2D eigenvalue weighted by molar-refractivity contribution is -0.0369. The minimum Gasteiger partial charge on any atom is -0.440 e. The zero-order valence-corrected chi connectivity index (χ0v) is 18.1. The van der Waals surface area contributed by atoms with Crippen molar-refractivity contribution in [3.63, 3.8) is 0 Å². The second kappa shape index (κ2) is 8.24. The van der Waals surface area contributed by atoms with Crippen molar-refractivity contribution < 1.29 is 13.9 Å². The lowest BCUT2D eigenvalue weighted by Crippen LogP contribution is -2.60. The lowest BCUT2D eigenvalue weighted by atomic mass is 9.83. The van der Waals surface area contributed by atoms with E-state index >= 15 is 0 Å². The monoisotopic (exact) mass is 423 g/mol. The Hall–Kier alpha value is -2.44. The van der Waals surface area contributed by atoms with E-state index in [0.29, 0.717) is 6.54 Å². The number of rotatable bonds is 4. The molecule has 3 heterocycles. The van der Waals surface area contributed by atoms with Gasteiger partial charge in [0.15, 0.2) is 0 Å². The first-order valence-electron chi connectivity index (χ1n) is 11.3. The number of fused-ring (bicyclic) bond motifs is 2. The van der Waals surface area contributed by atoms with E-state index in [1.54, 1.807) is 12.1 Å². The van der Waals surface area contributed by atoms with Crippen molar-refractivity contribution >= 4 is 6.09 Å². The lowest BCUT2D eigenvalue weighted by Gasteiger charge is -2.45. The zero-order chi connectivity index (χ0) is 21.4.